The topological polar surface area (TPSA) is 48.1 Å². The van der Waals surface area contributed by atoms with Crippen LogP contribution in [0.2, 0.25) is 0 Å². The zero-order valence-corrected chi connectivity index (χ0v) is 18.9. The summed E-state index contributed by atoms with van der Waals surface area (Å²) in [6, 6.07) is 22.3. The molecule has 0 saturated heterocycles. The molecule has 0 bridgehead atoms. The highest BCUT2D eigenvalue weighted by molar-refractivity contribution is 7.07. The third kappa shape index (κ3) is 4.73. The largest absolute Gasteiger partial charge is 0.486 e. The lowest BCUT2D eigenvalue weighted by Gasteiger charge is -2.18. The van der Waals surface area contributed by atoms with E-state index >= 15 is 0 Å². The van der Waals surface area contributed by atoms with Gasteiger partial charge in [0.15, 0.2) is 11.5 Å². The predicted octanol–water partition coefficient (Wildman–Crippen LogP) is 5.50. The van der Waals surface area contributed by atoms with Crippen LogP contribution in [0.25, 0.3) is 11.3 Å². The smallest absolute Gasteiger partial charge is 0.206 e. The summed E-state index contributed by atoms with van der Waals surface area (Å²) in [4.78, 5) is 5.57. The zero-order chi connectivity index (χ0) is 22.6. The van der Waals surface area contributed by atoms with Crippen LogP contribution >= 0.6 is 11.3 Å². The molecule has 0 N–H and O–H groups in total. The van der Waals surface area contributed by atoms with Crippen molar-refractivity contribution in [1.29, 1.82) is 0 Å². The van der Waals surface area contributed by atoms with Crippen molar-refractivity contribution in [2.75, 3.05) is 13.2 Å². The molecule has 1 aliphatic rings. The van der Waals surface area contributed by atoms with Crippen molar-refractivity contribution in [3.63, 3.8) is 0 Å². The minimum Gasteiger partial charge on any atom is -0.486 e. The first-order valence-corrected chi connectivity index (χ1v) is 11.5. The molecular weight excluding hydrogens is 437 g/mol. The van der Waals surface area contributed by atoms with Crippen LogP contribution in [0, 0.1) is 5.82 Å². The highest BCUT2D eigenvalue weighted by atomic mass is 32.1. The highest BCUT2D eigenvalue weighted by Gasteiger charge is 2.14. The molecule has 0 fully saturated rings. The van der Waals surface area contributed by atoms with Crippen molar-refractivity contribution in [3.8, 4) is 22.8 Å². The lowest BCUT2D eigenvalue weighted by molar-refractivity contribution is 0.171. The van der Waals surface area contributed by atoms with Gasteiger partial charge in [-0.3, -0.25) is 4.99 Å². The molecule has 0 aliphatic carbocycles. The van der Waals surface area contributed by atoms with E-state index in [1.54, 1.807) is 12.1 Å². The number of nitrogens with zero attached hydrogens (tertiary/aromatic N) is 3. The van der Waals surface area contributed by atoms with Gasteiger partial charge >= 0.3 is 0 Å². The van der Waals surface area contributed by atoms with E-state index in [4.69, 9.17) is 19.6 Å². The summed E-state index contributed by atoms with van der Waals surface area (Å²) in [5.74, 6) is 1.19. The number of halogens is 1. The highest BCUT2D eigenvalue weighted by Crippen LogP contribution is 2.31. The van der Waals surface area contributed by atoms with E-state index < -0.39 is 0 Å². The van der Waals surface area contributed by atoms with E-state index in [0.717, 1.165) is 44.4 Å². The number of fused-ring (bicyclic) bond motifs is 1. The Kier molecular flexibility index (Phi) is 6.04. The third-order valence-corrected chi connectivity index (χ3v) is 6.13. The minimum absolute atomic E-state index is 0.273. The van der Waals surface area contributed by atoms with Gasteiger partial charge in [0.1, 0.15) is 19.0 Å². The van der Waals surface area contributed by atoms with Crippen LogP contribution in [0.15, 0.2) is 88.3 Å². The number of thiazole rings is 1. The van der Waals surface area contributed by atoms with E-state index in [-0.39, 0.29) is 5.82 Å². The Morgan fingerprint density at radius 3 is 2.52 bits per heavy atom. The van der Waals surface area contributed by atoms with Crippen molar-refractivity contribution < 1.29 is 13.9 Å². The summed E-state index contributed by atoms with van der Waals surface area (Å²) in [6.45, 7) is 3.58. The van der Waals surface area contributed by atoms with Crippen LogP contribution in [0.5, 0.6) is 11.5 Å². The van der Waals surface area contributed by atoms with E-state index in [1.165, 1.54) is 23.5 Å². The Hall–Kier alpha value is -3.71. The summed E-state index contributed by atoms with van der Waals surface area (Å²) in [6.07, 6.45) is 0. The fourth-order valence-electron chi connectivity index (χ4n) is 3.54. The molecule has 166 valence electrons. The maximum atomic E-state index is 13.5. The number of aromatic nitrogens is 1. The average Bonchev–Trinajstić information content (AvgIpc) is 3.25. The van der Waals surface area contributed by atoms with Crippen molar-refractivity contribution in [2.45, 2.75) is 13.5 Å². The molecule has 4 aromatic rings. The molecule has 3 aromatic carbocycles. The fraction of sp³-hybridized carbons (Fsp3) is 0.154. The molecule has 33 heavy (non-hydrogen) atoms. The Balaban J connectivity index is 1.57. The van der Waals surface area contributed by atoms with Gasteiger partial charge in [-0.2, -0.15) is 5.10 Å². The first-order valence-electron chi connectivity index (χ1n) is 10.6. The second kappa shape index (κ2) is 9.42. The summed E-state index contributed by atoms with van der Waals surface area (Å²) >= 11 is 1.51. The normalized spacial score (nSPS) is 13.9. The third-order valence-electron chi connectivity index (χ3n) is 5.27. The van der Waals surface area contributed by atoms with Crippen molar-refractivity contribution >= 4 is 17.0 Å². The van der Waals surface area contributed by atoms with E-state index in [1.807, 2.05) is 65.5 Å². The van der Waals surface area contributed by atoms with Crippen LogP contribution in [0.4, 0.5) is 4.39 Å². The molecule has 0 radical (unpaired) electrons. The molecule has 1 aromatic heterocycles. The van der Waals surface area contributed by atoms with Crippen molar-refractivity contribution in [1.82, 2.24) is 4.68 Å². The first-order chi connectivity index (χ1) is 16.2. The van der Waals surface area contributed by atoms with Crippen LogP contribution in [0.1, 0.15) is 18.1 Å². The van der Waals surface area contributed by atoms with E-state index in [9.17, 15) is 4.39 Å². The van der Waals surface area contributed by atoms with E-state index in [0.29, 0.717) is 19.8 Å². The van der Waals surface area contributed by atoms with Gasteiger partial charge in [0.05, 0.1) is 18.0 Å². The predicted molar refractivity (Wildman–Crippen MR) is 128 cm³/mol. The zero-order valence-electron chi connectivity index (χ0n) is 18.1. The summed E-state index contributed by atoms with van der Waals surface area (Å²) in [7, 11) is 0. The number of hydrogen-bond acceptors (Lipinski definition) is 5. The minimum atomic E-state index is -0.273. The summed E-state index contributed by atoms with van der Waals surface area (Å²) in [5, 5.41) is 6.91. The molecular formula is C26H22FN3O2S. The average molecular weight is 460 g/mol. The molecule has 0 amide bonds. The summed E-state index contributed by atoms with van der Waals surface area (Å²) in [5.41, 5.74) is 4.57. The van der Waals surface area contributed by atoms with Crippen LogP contribution in [-0.4, -0.2) is 23.6 Å². The van der Waals surface area contributed by atoms with Gasteiger partial charge in [-0.1, -0.05) is 30.3 Å². The van der Waals surface area contributed by atoms with Crippen molar-refractivity contribution in [3.05, 3.63) is 99.9 Å². The lowest BCUT2D eigenvalue weighted by Crippen LogP contribution is -2.16. The molecule has 0 saturated carbocycles. The number of ether oxygens (including phenoxy) is 2. The Morgan fingerprint density at radius 2 is 1.73 bits per heavy atom. The van der Waals surface area contributed by atoms with E-state index in [2.05, 4.69) is 0 Å². The van der Waals surface area contributed by atoms with Gasteiger partial charge in [-0.05, 0) is 55.0 Å². The quantitative estimate of drug-likeness (QED) is 0.370. The summed E-state index contributed by atoms with van der Waals surface area (Å²) < 4.78 is 26.7. The molecule has 0 spiro atoms. The Bertz CT molecular complexity index is 1360. The van der Waals surface area contributed by atoms with Gasteiger partial charge in [0, 0.05) is 16.5 Å². The van der Waals surface area contributed by atoms with Gasteiger partial charge in [-0.25, -0.2) is 9.07 Å². The monoisotopic (exact) mass is 459 g/mol. The standard InChI is InChI=1S/C26H22FN3O2S/c1-18(21-9-12-24-25(15-21)32-14-13-31-24)29-30-23(20-7-10-22(27)11-8-20)17-33-26(30)28-16-19-5-3-2-4-6-19/h2-12,15,17H,13-14,16H2,1H3/b28-26?,29-18+. The van der Waals surface area contributed by atoms with Gasteiger partial charge in [0.25, 0.3) is 0 Å². The first kappa shape index (κ1) is 21.2. The Morgan fingerprint density at radius 1 is 0.970 bits per heavy atom. The van der Waals surface area contributed by atoms with Gasteiger partial charge < -0.3 is 9.47 Å². The molecule has 5 nitrogen and oxygen atoms in total. The van der Waals surface area contributed by atoms with Crippen LogP contribution < -0.4 is 14.3 Å². The second-order valence-corrected chi connectivity index (χ2v) is 8.40. The van der Waals surface area contributed by atoms with Gasteiger partial charge in [-0.15, -0.1) is 11.3 Å². The molecule has 0 unspecified atom stereocenters. The number of benzene rings is 3. The molecule has 0 atom stereocenters. The Labute approximate surface area is 195 Å². The lowest BCUT2D eigenvalue weighted by atomic mass is 10.1. The second-order valence-electron chi connectivity index (χ2n) is 7.57. The maximum Gasteiger partial charge on any atom is 0.206 e. The van der Waals surface area contributed by atoms with Crippen LogP contribution in [-0.2, 0) is 6.54 Å². The van der Waals surface area contributed by atoms with Gasteiger partial charge in [0.2, 0.25) is 4.80 Å². The maximum absolute atomic E-state index is 13.5. The molecule has 7 heteroatoms. The molecule has 5 rings (SSSR count). The van der Waals surface area contributed by atoms with Crippen molar-refractivity contribution in [2.24, 2.45) is 10.1 Å². The number of rotatable bonds is 5. The SMILES string of the molecule is C/C(=N\n1c(-c2ccc(F)cc2)csc1=NCc1ccccc1)c1ccc2c(c1)OCCO2. The fourth-order valence-corrected chi connectivity index (χ4v) is 4.37. The molecule has 1 aliphatic heterocycles. The molecule has 2 heterocycles. The number of hydrogen-bond donors (Lipinski definition) is 0. The van der Waals surface area contributed by atoms with Crippen LogP contribution in [0.3, 0.4) is 0 Å².